The van der Waals surface area contributed by atoms with Crippen LogP contribution in [0.1, 0.15) is 20.0 Å². The van der Waals surface area contributed by atoms with Gasteiger partial charge in [-0.05, 0) is 25.2 Å². The van der Waals surface area contributed by atoms with E-state index in [1.807, 2.05) is 7.05 Å². The summed E-state index contributed by atoms with van der Waals surface area (Å²) in [7, 11) is -0.472. The molecule has 2 aromatic rings. The fraction of sp³-hybridized carbons (Fsp3) is 0.353. The van der Waals surface area contributed by atoms with Crippen LogP contribution in [0.2, 0.25) is 0 Å². The van der Waals surface area contributed by atoms with Gasteiger partial charge in [0.1, 0.15) is 4.88 Å². The van der Waals surface area contributed by atoms with E-state index in [0.29, 0.717) is 26.2 Å². The van der Waals surface area contributed by atoms with Crippen molar-refractivity contribution in [2.24, 2.45) is 0 Å². The minimum Gasteiger partial charge on any atom is -0.465 e. The lowest BCUT2D eigenvalue weighted by Crippen LogP contribution is -2.47. The van der Waals surface area contributed by atoms with Crippen LogP contribution >= 0.6 is 11.3 Å². The lowest BCUT2D eigenvalue weighted by Gasteiger charge is -2.31. The summed E-state index contributed by atoms with van der Waals surface area (Å²) in [6, 6.07) is 5.87. The number of benzene rings is 1. The van der Waals surface area contributed by atoms with Crippen LogP contribution < -0.4 is 5.32 Å². The highest BCUT2D eigenvalue weighted by Crippen LogP contribution is 2.22. The minimum absolute atomic E-state index is 0.0686. The van der Waals surface area contributed by atoms with Crippen molar-refractivity contribution in [2.75, 3.05) is 45.7 Å². The van der Waals surface area contributed by atoms with Crippen LogP contribution in [0.5, 0.6) is 0 Å². The Morgan fingerprint density at radius 2 is 1.93 bits per heavy atom. The molecule has 1 fully saturated rings. The first kappa shape index (κ1) is 20.4. The quantitative estimate of drug-likeness (QED) is 0.717. The van der Waals surface area contributed by atoms with Gasteiger partial charge in [-0.15, -0.1) is 0 Å². The number of piperazine rings is 1. The summed E-state index contributed by atoms with van der Waals surface area (Å²) in [5.74, 6) is -1.06. The van der Waals surface area contributed by atoms with Crippen LogP contribution in [0, 0.1) is 0 Å². The molecule has 150 valence electrons. The van der Waals surface area contributed by atoms with Gasteiger partial charge in [-0.1, -0.05) is 17.4 Å². The number of amides is 1. The number of aromatic nitrogens is 1. The second-order valence-corrected chi connectivity index (χ2v) is 9.18. The van der Waals surface area contributed by atoms with Crippen LogP contribution in [0.3, 0.4) is 0 Å². The topological polar surface area (TPSA) is 109 Å². The molecule has 0 radical (unpaired) electrons. The molecule has 1 aliphatic heterocycles. The Balaban J connectivity index is 1.76. The number of ether oxygens (including phenoxy) is 1. The number of likely N-dealkylation sites (N-methyl/N-ethyl adjacent to an activating group) is 1. The number of nitrogens with one attached hydrogen (secondary N) is 1. The van der Waals surface area contributed by atoms with E-state index in [2.05, 4.69) is 19.9 Å². The van der Waals surface area contributed by atoms with E-state index >= 15 is 0 Å². The number of methoxy groups -OCH3 is 1. The molecule has 3 rings (SSSR count). The van der Waals surface area contributed by atoms with Crippen LogP contribution in [-0.2, 0) is 14.8 Å². The number of thiazole rings is 1. The third kappa shape index (κ3) is 4.38. The number of esters is 1. The number of carbonyl (C=O) groups is 2. The first-order chi connectivity index (χ1) is 13.3. The number of hydrogen-bond acceptors (Lipinski definition) is 8. The zero-order valence-corrected chi connectivity index (χ0v) is 17.0. The molecule has 1 amide bonds. The Bertz CT molecular complexity index is 981. The van der Waals surface area contributed by atoms with Gasteiger partial charge < -0.3 is 9.64 Å². The SMILES string of the molecule is COC(=O)c1cnc(NC(=O)c2cccc(S(=O)(=O)N3CCN(C)CC3)c2)s1. The fourth-order valence-corrected chi connectivity index (χ4v) is 4.87. The Morgan fingerprint density at radius 3 is 2.61 bits per heavy atom. The number of carbonyl (C=O) groups excluding carboxylic acids is 2. The third-order valence-electron chi connectivity index (χ3n) is 4.31. The average molecular weight is 425 g/mol. The van der Waals surface area contributed by atoms with Crippen LogP contribution in [0.25, 0.3) is 0 Å². The number of nitrogens with zero attached hydrogens (tertiary/aromatic N) is 3. The zero-order chi connectivity index (χ0) is 20.3. The second-order valence-electron chi connectivity index (χ2n) is 6.21. The first-order valence-corrected chi connectivity index (χ1v) is 10.7. The van der Waals surface area contributed by atoms with E-state index < -0.39 is 21.9 Å². The Hall–Kier alpha value is -2.34. The normalized spacial score (nSPS) is 15.9. The van der Waals surface area contributed by atoms with Crippen molar-refractivity contribution in [2.45, 2.75) is 4.90 Å². The maximum absolute atomic E-state index is 12.9. The van der Waals surface area contributed by atoms with E-state index in [0.717, 1.165) is 11.3 Å². The van der Waals surface area contributed by atoms with E-state index in [9.17, 15) is 18.0 Å². The molecule has 1 aliphatic rings. The van der Waals surface area contributed by atoms with Crippen LogP contribution in [0.15, 0.2) is 35.4 Å². The highest BCUT2D eigenvalue weighted by atomic mass is 32.2. The highest BCUT2D eigenvalue weighted by Gasteiger charge is 2.28. The van der Waals surface area contributed by atoms with E-state index in [-0.39, 0.29) is 20.5 Å². The second kappa shape index (κ2) is 8.35. The molecule has 11 heteroatoms. The van der Waals surface area contributed by atoms with Crippen LogP contribution in [0.4, 0.5) is 5.13 Å². The standard InChI is InChI=1S/C17H20N4O5S2/c1-20-6-8-21(9-7-20)28(24,25)13-5-3-4-12(10-13)15(22)19-17-18-11-14(27-17)16(23)26-2/h3-5,10-11H,6-9H2,1-2H3,(H,18,19,22). The van der Waals surface area contributed by atoms with Gasteiger partial charge in [0.25, 0.3) is 5.91 Å². The third-order valence-corrected chi connectivity index (χ3v) is 7.10. The molecule has 0 spiro atoms. The lowest BCUT2D eigenvalue weighted by atomic mass is 10.2. The number of anilines is 1. The number of hydrogen-bond donors (Lipinski definition) is 1. The molecular weight excluding hydrogens is 404 g/mol. The molecule has 1 saturated heterocycles. The van der Waals surface area contributed by atoms with Gasteiger partial charge >= 0.3 is 5.97 Å². The summed E-state index contributed by atoms with van der Waals surface area (Å²) in [6.45, 7) is 2.13. The van der Waals surface area contributed by atoms with Gasteiger partial charge in [-0.2, -0.15) is 4.31 Å². The van der Waals surface area contributed by atoms with Gasteiger partial charge in [-0.25, -0.2) is 18.2 Å². The van der Waals surface area contributed by atoms with E-state index in [4.69, 9.17) is 0 Å². The summed E-state index contributed by atoms with van der Waals surface area (Å²) in [5, 5.41) is 2.79. The molecule has 9 nitrogen and oxygen atoms in total. The van der Waals surface area contributed by atoms with Crippen LogP contribution in [-0.4, -0.2) is 74.8 Å². The molecule has 28 heavy (non-hydrogen) atoms. The van der Waals surface area contributed by atoms with Crippen molar-refractivity contribution >= 4 is 38.4 Å². The molecule has 0 saturated carbocycles. The number of sulfonamides is 1. The van der Waals surface area contributed by atoms with Gasteiger partial charge in [0, 0.05) is 31.7 Å². The van der Waals surface area contributed by atoms with Crippen molar-refractivity contribution in [3.63, 3.8) is 0 Å². The molecule has 0 unspecified atom stereocenters. The zero-order valence-electron chi connectivity index (χ0n) is 15.4. The van der Waals surface area contributed by atoms with E-state index in [1.165, 1.54) is 41.9 Å². The smallest absolute Gasteiger partial charge is 0.349 e. The summed E-state index contributed by atoms with van der Waals surface area (Å²) in [6.07, 6.45) is 1.31. The van der Waals surface area contributed by atoms with Gasteiger partial charge in [0.05, 0.1) is 18.2 Å². The molecular formula is C17H20N4O5S2. The van der Waals surface area contributed by atoms with E-state index in [1.54, 1.807) is 0 Å². The predicted molar refractivity (Wildman–Crippen MR) is 104 cm³/mol. The van der Waals surface area contributed by atoms with Crippen molar-refractivity contribution in [3.8, 4) is 0 Å². The molecule has 1 aromatic heterocycles. The minimum atomic E-state index is -3.67. The summed E-state index contributed by atoms with van der Waals surface area (Å²) in [5.41, 5.74) is 0.185. The monoisotopic (exact) mass is 424 g/mol. The largest absolute Gasteiger partial charge is 0.465 e. The molecule has 0 atom stereocenters. The molecule has 0 bridgehead atoms. The first-order valence-electron chi connectivity index (χ1n) is 8.45. The predicted octanol–water partition coefficient (Wildman–Crippen LogP) is 1.12. The van der Waals surface area contributed by atoms with Gasteiger partial charge in [0.15, 0.2) is 5.13 Å². The molecule has 2 heterocycles. The molecule has 1 N–H and O–H groups in total. The van der Waals surface area contributed by atoms with Gasteiger partial charge in [-0.3, -0.25) is 10.1 Å². The summed E-state index contributed by atoms with van der Waals surface area (Å²) < 4.78 is 31.7. The number of rotatable bonds is 5. The maximum atomic E-state index is 12.9. The lowest BCUT2D eigenvalue weighted by molar-refractivity contribution is 0.0606. The highest BCUT2D eigenvalue weighted by molar-refractivity contribution is 7.89. The summed E-state index contributed by atoms with van der Waals surface area (Å²) in [4.78, 5) is 30.3. The van der Waals surface area contributed by atoms with Crippen molar-refractivity contribution < 1.29 is 22.7 Å². The van der Waals surface area contributed by atoms with Crippen molar-refractivity contribution in [1.29, 1.82) is 0 Å². The van der Waals surface area contributed by atoms with Crippen molar-refractivity contribution in [1.82, 2.24) is 14.2 Å². The Labute approximate surface area is 167 Å². The fourth-order valence-electron chi connectivity index (χ4n) is 2.67. The van der Waals surface area contributed by atoms with Gasteiger partial charge in [0.2, 0.25) is 10.0 Å². The average Bonchev–Trinajstić information content (AvgIpc) is 3.16. The van der Waals surface area contributed by atoms with Crippen molar-refractivity contribution in [3.05, 3.63) is 40.9 Å². The Kier molecular flexibility index (Phi) is 6.08. The molecule has 0 aliphatic carbocycles. The summed E-state index contributed by atoms with van der Waals surface area (Å²) >= 11 is 0.972. The maximum Gasteiger partial charge on any atom is 0.349 e. The Morgan fingerprint density at radius 1 is 1.21 bits per heavy atom. The molecule has 1 aromatic carbocycles.